The first-order valence-corrected chi connectivity index (χ1v) is 14.8. The normalized spacial score (nSPS) is 11.2. The van der Waals surface area contributed by atoms with Crippen molar-refractivity contribution in [2.24, 2.45) is 0 Å². The fourth-order valence-electron chi connectivity index (χ4n) is 5.92. The van der Waals surface area contributed by atoms with Crippen molar-refractivity contribution in [1.29, 1.82) is 0 Å². The molecule has 0 saturated carbocycles. The lowest BCUT2D eigenvalue weighted by Crippen LogP contribution is -2.10. The third-order valence-electron chi connectivity index (χ3n) is 8.10. The van der Waals surface area contributed by atoms with Crippen LogP contribution in [0.3, 0.4) is 0 Å². The molecule has 1 aromatic heterocycles. The fraction of sp³-hybridized carbons (Fsp3) is 0. The largest absolute Gasteiger partial charge is 0.435 e. The van der Waals surface area contributed by atoms with Crippen LogP contribution in [0, 0.1) is 0 Å². The topological polar surface area (TPSA) is 29.3 Å². The minimum Gasteiger partial charge on any atom is -0.435 e. The second kappa shape index (κ2) is 11.0. The van der Waals surface area contributed by atoms with Gasteiger partial charge in [0, 0.05) is 16.9 Å². The Bertz CT molecular complexity index is 2100. The molecule has 8 aromatic rings. The molecule has 1 heterocycles. The smallest absolute Gasteiger partial charge is 0.227 e. The Morgan fingerprint density at radius 3 is 1.45 bits per heavy atom. The van der Waals surface area contributed by atoms with E-state index in [0.29, 0.717) is 5.89 Å². The highest BCUT2D eigenvalue weighted by molar-refractivity contribution is 6.12. The first kappa shape index (κ1) is 25.8. The lowest BCUT2D eigenvalue weighted by molar-refractivity contribution is 0.623. The van der Waals surface area contributed by atoms with E-state index in [1.807, 2.05) is 48.5 Å². The first-order valence-electron chi connectivity index (χ1n) is 14.8. The highest BCUT2D eigenvalue weighted by Gasteiger charge is 2.20. The summed E-state index contributed by atoms with van der Waals surface area (Å²) in [5, 5.41) is 2.12. The molecule has 3 nitrogen and oxygen atoms in total. The molecule has 0 spiro atoms. The Hall–Kier alpha value is -5.93. The molecule has 0 aliphatic rings. The lowest BCUT2D eigenvalue weighted by Gasteiger charge is -2.27. The van der Waals surface area contributed by atoms with Crippen molar-refractivity contribution in [3.63, 3.8) is 0 Å². The Morgan fingerprint density at radius 2 is 0.909 bits per heavy atom. The van der Waals surface area contributed by atoms with E-state index in [1.54, 1.807) is 0 Å². The standard InChI is InChI=1S/C41H28N2O/c1-4-11-29(12-5-1)31-19-24-35(25-20-31)43(36-26-21-32(22-27-36)30-13-6-2-7-14-30)38-18-10-17-33-23-28-37-40(39(33)38)44-41(42-37)34-15-8-3-9-16-34/h1-28H. The summed E-state index contributed by atoms with van der Waals surface area (Å²) < 4.78 is 6.55. The van der Waals surface area contributed by atoms with Gasteiger partial charge in [-0.05, 0) is 76.2 Å². The molecule has 208 valence electrons. The van der Waals surface area contributed by atoms with E-state index in [0.717, 1.165) is 44.5 Å². The summed E-state index contributed by atoms with van der Waals surface area (Å²) in [7, 11) is 0. The number of fused-ring (bicyclic) bond motifs is 3. The molecule has 0 fully saturated rings. The summed E-state index contributed by atoms with van der Waals surface area (Å²) in [6.07, 6.45) is 0. The Morgan fingerprint density at radius 1 is 0.409 bits per heavy atom. The predicted octanol–water partition coefficient (Wildman–Crippen LogP) is 11.5. The van der Waals surface area contributed by atoms with Crippen molar-refractivity contribution in [2.45, 2.75) is 0 Å². The Kier molecular flexibility index (Phi) is 6.47. The van der Waals surface area contributed by atoms with Gasteiger partial charge in [0.1, 0.15) is 5.52 Å². The van der Waals surface area contributed by atoms with Gasteiger partial charge >= 0.3 is 0 Å². The van der Waals surface area contributed by atoms with Gasteiger partial charge in [-0.15, -0.1) is 0 Å². The van der Waals surface area contributed by atoms with Crippen molar-refractivity contribution < 1.29 is 4.42 Å². The molecule has 0 saturated heterocycles. The molecule has 7 aromatic carbocycles. The van der Waals surface area contributed by atoms with E-state index < -0.39 is 0 Å². The number of hydrogen-bond acceptors (Lipinski definition) is 3. The van der Waals surface area contributed by atoms with Crippen molar-refractivity contribution >= 4 is 38.9 Å². The van der Waals surface area contributed by atoms with Crippen LogP contribution in [0.1, 0.15) is 0 Å². The van der Waals surface area contributed by atoms with Crippen molar-refractivity contribution in [2.75, 3.05) is 4.90 Å². The molecule has 0 radical (unpaired) electrons. The van der Waals surface area contributed by atoms with Gasteiger partial charge < -0.3 is 9.32 Å². The molecule has 0 aliphatic heterocycles. The quantitative estimate of drug-likeness (QED) is 0.201. The first-order chi connectivity index (χ1) is 21.8. The highest BCUT2D eigenvalue weighted by Crippen LogP contribution is 2.43. The minimum absolute atomic E-state index is 0.619. The van der Waals surface area contributed by atoms with Crippen LogP contribution < -0.4 is 4.90 Å². The average molecular weight is 565 g/mol. The minimum atomic E-state index is 0.619. The van der Waals surface area contributed by atoms with E-state index in [-0.39, 0.29) is 0 Å². The highest BCUT2D eigenvalue weighted by atomic mass is 16.3. The van der Waals surface area contributed by atoms with Crippen molar-refractivity contribution in [3.8, 4) is 33.7 Å². The summed E-state index contributed by atoms with van der Waals surface area (Å²) in [6.45, 7) is 0. The second-order valence-corrected chi connectivity index (χ2v) is 10.8. The number of nitrogens with zero attached hydrogens (tertiary/aromatic N) is 2. The SMILES string of the molecule is c1ccc(-c2ccc(N(c3ccc(-c4ccccc4)cc3)c3cccc4ccc5nc(-c6ccccc6)oc5c34)cc2)cc1. The number of benzene rings is 7. The summed E-state index contributed by atoms with van der Waals surface area (Å²) in [5.74, 6) is 0.619. The number of aromatic nitrogens is 1. The zero-order valence-corrected chi connectivity index (χ0v) is 24.0. The Balaban J connectivity index is 1.32. The van der Waals surface area contributed by atoms with Crippen LogP contribution in [-0.4, -0.2) is 4.98 Å². The lowest BCUT2D eigenvalue weighted by atomic mass is 10.0. The molecule has 0 bridgehead atoms. The number of hydrogen-bond donors (Lipinski definition) is 0. The molecule has 0 unspecified atom stereocenters. The van der Waals surface area contributed by atoms with Crippen molar-refractivity contribution in [1.82, 2.24) is 4.98 Å². The molecule has 0 aliphatic carbocycles. The average Bonchev–Trinajstić information content (AvgIpc) is 3.55. The van der Waals surface area contributed by atoms with Crippen LogP contribution in [0.5, 0.6) is 0 Å². The van der Waals surface area contributed by atoms with Gasteiger partial charge in [0.2, 0.25) is 5.89 Å². The van der Waals surface area contributed by atoms with Gasteiger partial charge in [-0.2, -0.15) is 0 Å². The molecule has 3 heteroatoms. The van der Waals surface area contributed by atoms with Gasteiger partial charge in [-0.3, -0.25) is 0 Å². The van der Waals surface area contributed by atoms with Crippen LogP contribution in [0.4, 0.5) is 17.1 Å². The summed E-state index contributed by atoms with van der Waals surface area (Å²) >= 11 is 0. The van der Waals surface area contributed by atoms with E-state index >= 15 is 0 Å². The zero-order valence-electron chi connectivity index (χ0n) is 24.0. The monoisotopic (exact) mass is 564 g/mol. The van der Waals surface area contributed by atoms with Crippen molar-refractivity contribution in [3.05, 3.63) is 170 Å². The molecular weight excluding hydrogens is 536 g/mol. The maximum absolute atomic E-state index is 6.55. The molecule has 8 rings (SSSR count). The third kappa shape index (κ3) is 4.71. The van der Waals surface area contributed by atoms with E-state index in [4.69, 9.17) is 9.40 Å². The predicted molar refractivity (Wildman–Crippen MR) is 183 cm³/mol. The summed E-state index contributed by atoms with van der Waals surface area (Å²) in [4.78, 5) is 7.20. The van der Waals surface area contributed by atoms with Gasteiger partial charge in [0.05, 0.1) is 11.1 Å². The maximum atomic E-state index is 6.55. The Labute approximate surface area is 256 Å². The number of rotatable bonds is 6. The van der Waals surface area contributed by atoms with Gasteiger partial charge in [0.15, 0.2) is 5.58 Å². The van der Waals surface area contributed by atoms with E-state index in [9.17, 15) is 0 Å². The fourth-order valence-corrected chi connectivity index (χ4v) is 5.92. The summed E-state index contributed by atoms with van der Waals surface area (Å²) in [5.41, 5.74) is 10.5. The van der Waals surface area contributed by atoms with Crippen LogP contribution in [0.2, 0.25) is 0 Å². The molecule has 44 heavy (non-hydrogen) atoms. The maximum Gasteiger partial charge on any atom is 0.227 e. The van der Waals surface area contributed by atoms with Gasteiger partial charge in [-0.1, -0.05) is 121 Å². The molecular formula is C41H28N2O. The van der Waals surface area contributed by atoms with Crippen LogP contribution in [0.15, 0.2) is 174 Å². The van der Waals surface area contributed by atoms with Crippen LogP contribution in [0.25, 0.3) is 55.6 Å². The molecule has 0 atom stereocenters. The third-order valence-corrected chi connectivity index (χ3v) is 8.10. The van der Waals surface area contributed by atoms with Crippen LogP contribution >= 0.6 is 0 Å². The van der Waals surface area contributed by atoms with Gasteiger partial charge in [-0.25, -0.2) is 4.98 Å². The van der Waals surface area contributed by atoms with Crippen LogP contribution in [-0.2, 0) is 0 Å². The molecule has 0 amide bonds. The summed E-state index contributed by atoms with van der Waals surface area (Å²) in [6, 6.07) is 59.2. The number of oxazole rings is 1. The van der Waals surface area contributed by atoms with Gasteiger partial charge in [0.25, 0.3) is 0 Å². The zero-order chi connectivity index (χ0) is 29.3. The number of anilines is 3. The van der Waals surface area contributed by atoms with E-state index in [1.165, 1.54) is 22.3 Å². The second-order valence-electron chi connectivity index (χ2n) is 10.8. The van der Waals surface area contributed by atoms with E-state index in [2.05, 4.69) is 126 Å². The molecule has 0 N–H and O–H groups in total.